The van der Waals surface area contributed by atoms with Crippen LogP contribution in [0.25, 0.3) is 0 Å². The van der Waals surface area contributed by atoms with Crippen LogP contribution in [0.5, 0.6) is 17.2 Å². The van der Waals surface area contributed by atoms with Gasteiger partial charge in [0, 0.05) is 17.8 Å². The van der Waals surface area contributed by atoms with Gasteiger partial charge in [0.15, 0.2) is 0 Å². The highest BCUT2D eigenvalue weighted by atomic mass is 16.5. The molecule has 30 heavy (non-hydrogen) atoms. The Morgan fingerprint density at radius 1 is 1.00 bits per heavy atom. The summed E-state index contributed by atoms with van der Waals surface area (Å²) in [6.45, 7) is 4.76. The molecule has 0 aliphatic rings. The van der Waals surface area contributed by atoms with Gasteiger partial charge < -0.3 is 14.6 Å². The molecule has 0 unspecified atom stereocenters. The summed E-state index contributed by atoms with van der Waals surface area (Å²) in [7, 11) is 0. The topological polar surface area (TPSA) is 68.1 Å². The van der Waals surface area contributed by atoms with Crippen molar-refractivity contribution in [1.82, 2.24) is 0 Å². The van der Waals surface area contributed by atoms with Crippen LogP contribution in [-0.4, -0.2) is 23.9 Å². The van der Waals surface area contributed by atoms with E-state index in [2.05, 4.69) is 11.9 Å². The quantitative estimate of drug-likeness (QED) is 0.222. The Hall–Kier alpha value is -3.60. The lowest BCUT2D eigenvalue weighted by atomic mass is 10.2. The van der Waals surface area contributed by atoms with Gasteiger partial charge in [-0.2, -0.15) is 0 Å². The summed E-state index contributed by atoms with van der Waals surface area (Å²) in [6, 6.07) is 19.2. The zero-order valence-corrected chi connectivity index (χ0v) is 17.2. The van der Waals surface area contributed by atoms with Crippen molar-refractivity contribution < 1.29 is 19.4 Å². The highest BCUT2D eigenvalue weighted by Gasteiger charge is 2.10. The van der Waals surface area contributed by atoms with Gasteiger partial charge in [-0.1, -0.05) is 31.0 Å². The molecule has 5 heteroatoms. The number of hydrogen-bond donors (Lipinski definition) is 1. The third-order valence-corrected chi connectivity index (χ3v) is 4.46. The summed E-state index contributed by atoms with van der Waals surface area (Å²) in [5.74, 6) is 0.453. The summed E-state index contributed by atoms with van der Waals surface area (Å²) in [6.07, 6.45) is 3.62. The normalized spacial score (nSPS) is 10.9. The van der Waals surface area contributed by atoms with Crippen molar-refractivity contribution in [3.05, 3.63) is 83.4 Å². The first kappa shape index (κ1) is 21.1. The summed E-state index contributed by atoms with van der Waals surface area (Å²) in [5, 5.41) is 10.2. The SMILES string of the molecule is CCCCOc1ccc(C(=O)Oc2ccc(C=Nc3ccc(C)cc3)c(O)c2)cc1. The Morgan fingerprint density at radius 3 is 2.37 bits per heavy atom. The number of nitrogens with zero attached hydrogens (tertiary/aromatic N) is 1. The molecule has 5 nitrogen and oxygen atoms in total. The number of carbonyl (C=O) groups excluding carboxylic acids is 1. The molecule has 0 bridgehead atoms. The summed E-state index contributed by atoms with van der Waals surface area (Å²) >= 11 is 0. The number of hydrogen-bond acceptors (Lipinski definition) is 5. The van der Waals surface area contributed by atoms with E-state index >= 15 is 0 Å². The molecule has 0 aliphatic carbocycles. The Bertz CT molecular complexity index is 1010. The number of aromatic hydroxyl groups is 1. The van der Waals surface area contributed by atoms with Crippen molar-refractivity contribution in [2.45, 2.75) is 26.7 Å². The molecule has 0 atom stereocenters. The number of rotatable bonds is 8. The van der Waals surface area contributed by atoms with Gasteiger partial charge in [0.2, 0.25) is 0 Å². The molecule has 3 aromatic carbocycles. The van der Waals surface area contributed by atoms with E-state index in [-0.39, 0.29) is 11.5 Å². The van der Waals surface area contributed by atoms with Crippen molar-refractivity contribution in [3.8, 4) is 17.2 Å². The van der Waals surface area contributed by atoms with Crippen molar-refractivity contribution in [2.24, 2.45) is 4.99 Å². The number of unbranched alkanes of at least 4 members (excludes halogenated alkanes) is 1. The first-order chi connectivity index (χ1) is 14.5. The van der Waals surface area contributed by atoms with Crippen LogP contribution in [0.2, 0.25) is 0 Å². The van der Waals surface area contributed by atoms with Gasteiger partial charge >= 0.3 is 5.97 Å². The number of ether oxygens (including phenoxy) is 2. The lowest BCUT2D eigenvalue weighted by molar-refractivity contribution is 0.0734. The van der Waals surface area contributed by atoms with Gasteiger partial charge in [-0.25, -0.2) is 4.79 Å². The number of aliphatic imine (C=N–C) groups is 1. The van der Waals surface area contributed by atoms with Crippen LogP contribution in [0.3, 0.4) is 0 Å². The highest BCUT2D eigenvalue weighted by molar-refractivity contribution is 5.91. The lowest BCUT2D eigenvalue weighted by Gasteiger charge is -2.08. The van der Waals surface area contributed by atoms with Crippen LogP contribution < -0.4 is 9.47 Å². The van der Waals surface area contributed by atoms with E-state index in [4.69, 9.17) is 9.47 Å². The number of phenols is 1. The predicted molar refractivity (Wildman–Crippen MR) is 118 cm³/mol. The molecule has 0 radical (unpaired) electrons. The van der Waals surface area contributed by atoms with Gasteiger partial charge in [-0.05, 0) is 61.9 Å². The standard InChI is InChI=1S/C25H25NO4/c1-3-4-15-29-22-12-7-19(8-13-22)25(28)30-23-14-9-20(24(27)16-23)17-26-21-10-5-18(2)6-11-21/h5-14,16-17,27H,3-4,15H2,1-2H3. The molecule has 0 amide bonds. The van der Waals surface area contributed by atoms with E-state index in [1.54, 1.807) is 42.6 Å². The molecule has 0 heterocycles. The maximum Gasteiger partial charge on any atom is 0.343 e. The zero-order valence-electron chi connectivity index (χ0n) is 17.2. The Balaban J connectivity index is 1.62. The van der Waals surface area contributed by atoms with Gasteiger partial charge in [0.1, 0.15) is 17.2 Å². The van der Waals surface area contributed by atoms with E-state index in [0.29, 0.717) is 17.7 Å². The van der Waals surface area contributed by atoms with Crippen molar-refractivity contribution in [3.63, 3.8) is 0 Å². The Labute approximate surface area is 176 Å². The monoisotopic (exact) mass is 403 g/mol. The van der Waals surface area contributed by atoms with Crippen LogP contribution >= 0.6 is 0 Å². The molecule has 0 saturated heterocycles. The largest absolute Gasteiger partial charge is 0.507 e. The fourth-order valence-corrected chi connectivity index (χ4v) is 2.66. The molecule has 154 valence electrons. The van der Waals surface area contributed by atoms with Crippen LogP contribution in [0.1, 0.15) is 41.3 Å². The second kappa shape index (κ2) is 10.3. The van der Waals surface area contributed by atoms with Crippen molar-refractivity contribution in [2.75, 3.05) is 6.61 Å². The molecular formula is C25H25NO4. The second-order valence-electron chi connectivity index (χ2n) is 6.93. The molecule has 0 spiro atoms. The summed E-state index contributed by atoms with van der Waals surface area (Å²) < 4.78 is 11.0. The van der Waals surface area contributed by atoms with E-state index in [1.807, 2.05) is 31.2 Å². The first-order valence-electron chi connectivity index (χ1n) is 9.94. The Kier molecular flexibility index (Phi) is 7.22. The predicted octanol–water partition coefficient (Wildman–Crippen LogP) is 5.85. The Morgan fingerprint density at radius 2 is 1.70 bits per heavy atom. The number of carbonyl (C=O) groups is 1. The van der Waals surface area contributed by atoms with E-state index in [1.165, 1.54) is 6.07 Å². The van der Waals surface area contributed by atoms with Crippen LogP contribution in [-0.2, 0) is 0 Å². The molecule has 3 rings (SSSR count). The lowest BCUT2D eigenvalue weighted by Crippen LogP contribution is -2.08. The second-order valence-corrected chi connectivity index (χ2v) is 6.93. The van der Waals surface area contributed by atoms with E-state index in [0.717, 1.165) is 29.8 Å². The van der Waals surface area contributed by atoms with Crippen LogP contribution in [0, 0.1) is 6.92 Å². The highest BCUT2D eigenvalue weighted by Crippen LogP contribution is 2.24. The van der Waals surface area contributed by atoms with Crippen molar-refractivity contribution >= 4 is 17.9 Å². The van der Waals surface area contributed by atoms with Gasteiger partial charge in [0.25, 0.3) is 0 Å². The van der Waals surface area contributed by atoms with E-state index in [9.17, 15) is 9.90 Å². The first-order valence-corrected chi connectivity index (χ1v) is 9.94. The van der Waals surface area contributed by atoms with Gasteiger partial charge in [-0.3, -0.25) is 4.99 Å². The minimum absolute atomic E-state index is 0.0177. The molecule has 0 saturated carbocycles. The van der Waals surface area contributed by atoms with Crippen LogP contribution in [0.15, 0.2) is 71.7 Å². The fraction of sp³-hybridized carbons (Fsp3) is 0.200. The average molecular weight is 403 g/mol. The minimum Gasteiger partial charge on any atom is -0.507 e. The fourth-order valence-electron chi connectivity index (χ4n) is 2.66. The maximum atomic E-state index is 12.3. The van der Waals surface area contributed by atoms with Gasteiger partial charge in [-0.15, -0.1) is 0 Å². The molecule has 1 N–H and O–H groups in total. The smallest absolute Gasteiger partial charge is 0.343 e. The van der Waals surface area contributed by atoms with Crippen LogP contribution in [0.4, 0.5) is 5.69 Å². The minimum atomic E-state index is -0.504. The molecule has 0 aliphatic heterocycles. The van der Waals surface area contributed by atoms with Crippen molar-refractivity contribution in [1.29, 1.82) is 0 Å². The molecular weight excluding hydrogens is 378 g/mol. The maximum absolute atomic E-state index is 12.3. The molecule has 0 fully saturated rings. The summed E-state index contributed by atoms with van der Waals surface area (Å²) in [5.41, 5.74) is 2.88. The average Bonchev–Trinajstić information content (AvgIpc) is 2.75. The van der Waals surface area contributed by atoms with E-state index < -0.39 is 5.97 Å². The van der Waals surface area contributed by atoms with Gasteiger partial charge in [0.05, 0.1) is 17.9 Å². The number of esters is 1. The number of phenolic OH excluding ortho intramolecular Hbond substituents is 1. The zero-order chi connectivity index (χ0) is 21.3. The number of benzene rings is 3. The third-order valence-electron chi connectivity index (χ3n) is 4.46. The summed E-state index contributed by atoms with van der Waals surface area (Å²) in [4.78, 5) is 16.7. The molecule has 3 aromatic rings. The molecule has 0 aromatic heterocycles. The third kappa shape index (κ3) is 5.95. The number of aryl methyl sites for hydroxylation is 1.